The van der Waals surface area contributed by atoms with Crippen LogP contribution in [0.4, 0.5) is 0 Å². The van der Waals surface area contributed by atoms with E-state index in [1.165, 1.54) is 19.3 Å². The highest BCUT2D eigenvalue weighted by Crippen LogP contribution is 2.08. The van der Waals surface area contributed by atoms with Crippen LogP contribution in [-0.2, 0) is 9.53 Å². The van der Waals surface area contributed by atoms with Crippen molar-refractivity contribution in [3.63, 3.8) is 0 Å². The van der Waals surface area contributed by atoms with Crippen LogP contribution in [0.1, 0.15) is 58.8 Å². The molecule has 0 aliphatic rings. The van der Waals surface area contributed by atoms with Crippen molar-refractivity contribution in [2.75, 3.05) is 19.7 Å². The summed E-state index contributed by atoms with van der Waals surface area (Å²) in [6.45, 7) is 5.53. The number of hydrogen-bond acceptors (Lipinski definition) is 4. The lowest BCUT2D eigenvalue weighted by atomic mass is 10.1. The Hall–Kier alpha value is -1.26. The van der Waals surface area contributed by atoms with Gasteiger partial charge in [0.2, 0.25) is 0 Å². The Bertz CT molecular complexity index is 291. The Kier molecular flexibility index (Phi) is 13.3. The van der Waals surface area contributed by atoms with Gasteiger partial charge < -0.3 is 10.1 Å². The van der Waals surface area contributed by atoms with E-state index >= 15 is 0 Å². The Balaban J connectivity index is 3.94. The first kappa shape index (κ1) is 18.7. The molecule has 1 unspecified atom stereocenters. The van der Waals surface area contributed by atoms with Crippen LogP contribution < -0.4 is 5.32 Å². The summed E-state index contributed by atoms with van der Waals surface area (Å²) in [6, 6.07) is -0.234. The van der Waals surface area contributed by atoms with Crippen molar-refractivity contribution in [2.24, 2.45) is 5.11 Å². The van der Waals surface area contributed by atoms with E-state index in [-0.39, 0.29) is 12.0 Å². The molecule has 0 aromatic rings. The average Bonchev–Trinajstić information content (AvgIpc) is 2.44. The van der Waals surface area contributed by atoms with Gasteiger partial charge in [-0.15, -0.1) is 0 Å². The van der Waals surface area contributed by atoms with E-state index in [1.807, 2.05) is 6.92 Å². The van der Waals surface area contributed by atoms with E-state index < -0.39 is 0 Å². The van der Waals surface area contributed by atoms with Crippen molar-refractivity contribution in [2.45, 2.75) is 64.8 Å². The van der Waals surface area contributed by atoms with Gasteiger partial charge in [-0.2, -0.15) is 0 Å². The zero-order chi connectivity index (χ0) is 15.1. The molecule has 116 valence electrons. The number of rotatable bonds is 13. The molecule has 0 heterocycles. The molecule has 0 saturated carbocycles. The first-order chi connectivity index (χ1) is 9.76. The molecule has 1 atom stereocenters. The molecule has 0 aromatic heterocycles. The lowest BCUT2D eigenvalue weighted by Gasteiger charge is -2.17. The standard InChI is InChI=1S/C14H28N4O2/c1-3-5-6-7-8-10-13(14(19)20-4-2)16-11-9-12-17-18-15/h13,16H,3-12H2,1-2H3. The maximum absolute atomic E-state index is 11.8. The summed E-state index contributed by atoms with van der Waals surface area (Å²) >= 11 is 0. The number of azide groups is 1. The van der Waals surface area contributed by atoms with Gasteiger partial charge in [0, 0.05) is 11.5 Å². The third-order valence-electron chi connectivity index (χ3n) is 3.06. The summed E-state index contributed by atoms with van der Waals surface area (Å²) in [6.07, 6.45) is 7.43. The Labute approximate surface area is 121 Å². The van der Waals surface area contributed by atoms with Crippen LogP contribution in [0.5, 0.6) is 0 Å². The first-order valence-electron chi connectivity index (χ1n) is 7.67. The summed E-state index contributed by atoms with van der Waals surface area (Å²) in [5, 5.41) is 6.67. The van der Waals surface area contributed by atoms with Gasteiger partial charge in [0.25, 0.3) is 0 Å². The number of carbonyl (C=O) groups excluding carboxylic acids is 1. The molecule has 0 amide bonds. The normalized spacial score (nSPS) is 11.7. The molecule has 0 rings (SSSR count). The van der Waals surface area contributed by atoms with Crippen molar-refractivity contribution in [3.8, 4) is 0 Å². The van der Waals surface area contributed by atoms with Crippen LogP contribution in [0.15, 0.2) is 5.11 Å². The monoisotopic (exact) mass is 284 g/mol. The fourth-order valence-electron chi connectivity index (χ4n) is 1.97. The zero-order valence-corrected chi connectivity index (χ0v) is 12.8. The van der Waals surface area contributed by atoms with Crippen LogP contribution in [0.2, 0.25) is 0 Å². The SMILES string of the molecule is CCCCCCCC(NCCCN=[N+]=[N-])C(=O)OCC. The van der Waals surface area contributed by atoms with Gasteiger partial charge >= 0.3 is 5.97 Å². The molecule has 1 N–H and O–H groups in total. The summed E-state index contributed by atoms with van der Waals surface area (Å²) < 4.78 is 5.08. The number of carbonyl (C=O) groups is 1. The zero-order valence-electron chi connectivity index (χ0n) is 12.8. The molecule has 6 nitrogen and oxygen atoms in total. The minimum atomic E-state index is -0.234. The van der Waals surface area contributed by atoms with Gasteiger partial charge in [0.1, 0.15) is 6.04 Å². The minimum absolute atomic E-state index is 0.174. The van der Waals surface area contributed by atoms with Crippen LogP contribution in [-0.4, -0.2) is 31.7 Å². The second-order valence-corrected chi connectivity index (χ2v) is 4.77. The van der Waals surface area contributed by atoms with Crippen molar-refractivity contribution < 1.29 is 9.53 Å². The van der Waals surface area contributed by atoms with Gasteiger partial charge in [-0.05, 0) is 31.8 Å². The molecular weight excluding hydrogens is 256 g/mol. The smallest absolute Gasteiger partial charge is 0.323 e. The van der Waals surface area contributed by atoms with Gasteiger partial charge in [-0.3, -0.25) is 4.79 Å². The summed E-state index contributed by atoms with van der Waals surface area (Å²) in [4.78, 5) is 14.5. The van der Waals surface area contributed by atoms with Gasteiger partial charge in [0.05, 0.1) is 6.61 Å². The van der Waals surface area contributed by atoms with Crippen LogP contribution in [0.3, 0.4) is 0 Å². The molecule has 0 spiro atoms. The van der Waals surface area contributed by atoms with E-state index in [4.69, 9.17) is 10.3 Å². The molecule has 0 aliphatic carbocycles. The molecule has 20 heavy (non-hydrogen) atoms. The number of esters is 1. The highest BCUT2D eigenvalue weighted by molar-refractivity contribution is 5.75. The molecule has 0 fully saturated rings. The van der Waals surface area contributed by atoms with E-state index in [1.54, 1.807) is 0 Å². The summed E-state index contributed by atoms with van der Waals surface area (Å²) in [7, 11) is 0. The lowest BCUT2D eigenvalue weighted by molar-refractivity contribution is -0.145. The molecule has 0 aromatic carbocycles. The topological polar surface area (TPSA) is 87.1 Å². The number of nitrogens with one attached hydrogen (secondary N) is 1. The maximum atomic E-state index is 11.8. The van der Waals surface area contributed by atoms with E-state index in [0.29, 0.717) is 19.7 Å². The number of nitrogens with zero attached hydrogens (tertiary/aromatic N) is 3. The van der Waals surface area contributed by atoms with E-state index in [9.17, 15) is 4.79 Å². The van der Waals surface area contributed by atoms with Crippen molar-refractivity contribution in [1.82, 2.24) is 5.32 Å². The largest absolute Gasteiger partial charge is 0.465 e. The van der Waals surface area contributed by atoms with Crippen molar-refractivity contribution >= 4 is 5.97 Å². The quantitative estimate of drug-likeness (QED) is 0.184. The van der Waals surface area contributed by atoms with Crippen LogP contribution in [0, 0.1) is 0 Å². The predicted octanol–water partition coefficient (Wildman–Crippen LogP) is 3.57. The van der Waals surface area contributed by atoms with E-state index in [2.05, 4.69) is 22.3 Å². The summed E-state index contributed by atoms with van der Waals surface area (Å²) in [5.41, 5.74) is 8.18. The highest BCUT2D eigenvalue weighted by Gasteiger charge is 2.18. The Morgan fingerprint density at radius 2 is 2.00 bits per heavy atom. The van der Waals surface area contributed by atoms with Crippen molar-refractivity contribution in [1.29, 1.82) is 0 Å². The number of ether oxygens (including phenoxy) is 1. The third-order valence-corrected chi connectivity index (χ3v) is 3.06. The van der Waals surface area contributed by atoms with Gasteiger partial charge in [-0.1, -0.05) is 44.1 Å². The number of hydrogen-bond donors (Lipinski definition) is 1. The molecule has 0 bridgehead atoms. The molecule has 0 radical (unpaired) electrons. The highest BCUT2D eigenvalue weighted by atomic mass is 16.5. The first-order valence-corrected chi connectivity index (χ1v) is 7.67. The van der Waals surface area contributed by atoms with Crippen LogP contribution in [0.25, 0.3) is 10.4 Å². The predicted molar refractivity (Wildman–Crippen MR) is 80.4 cm³/mol. The Morgan fingerprint density at radius 1 is 1.25 bits per heavy atom. The van der Waals surface area contributed by atoms with Crippen molar-refractivity contribution in [3.05, 3.63) is 10.4 Å². The molecule has 0 saturated heterocycles. The molecular formula is C14H28N4O2. The fourth-order valence-corrected chi connectivity index (χ4v) is 1.97. The molecule has 0 aliphatic heterocycles. The third kappa shape index (κ3) is 10.6. The van der Waals surface area contributed by atoms with Gasteiger partial charge in [0.15, 0.2) is 0 Å². The lowest BCUT2D eigenvalue weighted by Crippen LogP contribution is -2.38. The maximum Gasteiger partial charge on any atom is 0.323 e. The second kappa shape index (κ2) is 14.2. The number of unbranched alkanes of at least 4 members (excludes halogenated alkanes) is 4. The average molecular weight is 284 g/mol. The second-order valence-electron chi connectivity index (χ2n) is 4.77. The van der Waals surface area contributed by atoms with Crippen LogP contribution >= 0.6 is 0 Å². The van der Waals surface area contributed by atoms with E-state index in [0.717, 1.165) is 25.7 Å². The molecule has 6 heteroatoms. The van der Waals surface area contributed by atoms with Gasteiger partial charge in [-0.25, -0.2) is 0 Å². The fraction of sp³-hybridized carbons (Fsp3) is 0.929. The summed E-state index contributed by atoms with van der Waals surface area (Å²) in [5.74, 6) is -0.174. The Morgan fingerprint density at radius 3 is 2.65 bits per heavy atom. The minimum Gasteiger partial charge on any atom is -0.465 e.